The second-order valence-corrected chi connectivity index (χ2v) is 9.08. The molecule has 1 atom stereocenters. The molecule has 40 heavy (non-hydrogen) atoms. The lowest BCUT2D eigenvalue weighted by molar-refractivity contribution is -0.0692. The molecule has 1 saturated heterocycles. The van der Waals surface area contributed by atoms with Crippen molar-refractivity contribution < 1.29 is 31.8 Å². The van der Waals surface area contributed by atoms with Crippen molar-refractivity contribution in [1.82, 2.24) is 25.2 Å². The van der Waals surface area contributed by atoms with Gasteiger partial charge in [0.1, 0.15) is 0 Å². The molecular formula is C27H26F4N6O3. The number of pyridine rings is 1. The Bertz CT molecular complexity index is 1430. The zero-order valence-corrected chi connectivity index (χ0v) is 21.5. The lowest BCUT2D eigenvalue weighted by Gasteiger charge is -2.27. The van der Waals surface area contributed by atoms with E-state index in [-0.39, 0.29) is 12.8 Å². The molecule has 0 N–H and O–H groups in total. The molecule has 9 nitrogen and oxygen atoms in total. The summed E-state index contributed by atoms with van der Waals surface area (Å²) in [5, 5.41) is 12.9. The molecule has 1 aliphatic heterocycles. The average molecular weight is 559 g/mol. The van der Waals surface area contributed by atoms with Gasteiger partial charge in [0, 0.05) is 48.5 Å². The molecule has 1 aliphatic rings. The minimum Gasteiger partial charge on any atom is -0.431 e. The van der Waals surface area contributed by atoms with Crippen LogP contribution in [0.1, 0.15) is 36.6 Å². The predicted molar refractivity (Wildman–Crippen MR) is 137 cm³/mol. The summed E-state index contributed by atoms with van der Waals surface area (Å²) in [6.45, 7) is -3.61. The van der Waals surface area contributed by atoms with Crippen LogP contribution in [-0.4, -0.2) is 45.0 Å². The minimum atomic E-state index is -3.24. The number of nitrogens with zero attached hydrogens (tertiary/aromatic N) is 6. The van der Waals surface area contributed by atoms with E-state index in [1.807, 2.05) is 36.1 Å². The van der Waals surface area contributed by atoms with E-state index in [1.165, 1.54) is 23.0 Å². The lowest BCUT2D eigenvalue weighted by atomic mass is 10.1. The van der Waals surface area contributed by atoms with E-state index in [0.29, 0.717) is 29.4 Å². The quantitative estimate of drug-likeness (QED) is 0.210. The predicted octanol–water partition coefficient (Wildman–Crippen LogP) is 6.28. The first-order chi connectivity index (χ1) is 19.4. The van der Waals surface area contributed by atoms with Crippen molar-refractivity contribution in [3.63, 3.8) is 0 Å². The molecule has 3 heterocycles. The van der Waals surface area contributed by atoms with E-state index >= 15 is 0 Å². The molecule has 13 heteroatoms. The van der Waals surface area contributed by atoms with E-state index in [9.17, 15) is 17.6 Å². The average Bonchev–Trinajstić information content (AvgIpc) is 3.44. The fourth-order valence-corrected chi connectivity index (χ4v) is 4.39. The van der Waals surface area contributed by atoms with Crippen molar-refractivity contribution in [2.45, 2.75) is 52.2 Å². The Morgan fingerprint density at radius 2 is 1.80 bits per heavy atom. The van der Waals surface area contributed by atoms with Gasteiger partial charge in [-0.25, -0.2) is 0 Å². The van der Waals surface area contributed by atoms with Crippen LogP contribution in [0.25, 0.3) is 11.4 Å². The van der Waals surface area contributed by atoms with E-state index in [1.54, 1.807) is 18.5 Å². The highest BCUT2D eigenvalue weighted by Gasteiger charge is 2.22. The van der Waals surface area contributed by atoms with Crippen molar-refractivity contribution in [2.24, 2.45) is 0 Å². The van der Waals surface area contributed by atoms with Crippen molar-refractivity contribution >= 4 is 11.4 Å². The molecule has 1 fully saturated rings. The van der Waals surface area contributed by atoms with Crippen molar-refractivity contribution in [2.75, 3.05) is 11.5 Å². The summed E-state index contributed by atoms with van der Waals surface area (Å²) in [6, 6.07) is 13.0. The molecule has 210 valence electrons. The first kappa shape index (κ1) is 27.3. The summed E-state index contributed by atoms with van der Waals surface area (Å²) in [5.74, 6) is -0.638. The number of alkyl halides is 4. The number of benzene rings is 2. The van der Waals surface area contributed by atoms with Crippen LogP contribution in [0.4, 0.5) is 28.9 Å². The molecular weight excluding hydrogens is 532 g/mol. The smallest absolute Gasteiger partial charge is 0.387 e. The standard InChI is InChI=1S/C27H26F4N6O3/c1-17-10-11-32-15-19(17)16-36(21-8-9-22(39-26(28)29)23(14-21)40-27(30)31)20-6-4-5-18(13-20)25-33-35-37(34-25)24-7-2-3-12-38-24/h4-6,8-11,13-15,24,26-27H,2-3,7,12,16H2,1H3. The highest BCUT2D eigenvalue weighted by Crippen LogP contribution is 2.38. The number of hydrogen-bond acceptors (Lipinski definition) is 8. The zero-order valence-electron chi connectivity index (χ0n) is 21.5. The summed E-state index contributed by atoms with van der Waals surface area (Å²) < 4.78 is 66.8. The topological polar surface area (TPSA) is 87.4 Å². The monoisotopic (exact) mass is 558 g/mol. The van der Waals surface area contributed by atoms with Crippen LogP contribution in [-0.2, 0) is 11.3 Å². The van der Waals surface area contributed by atoms with Gasteiger partial charge in [0.2, 0.25) is 5.82 Å². The highest BCUT2D eigenvalue weighted by atomic mass is 19.3. The maximum atomic E-state index is 13.2. The van der Waals surface area contributed by atoms with Crippen LogP contribution < -0.4 is 14.4 Å². The van der Waals surface area contributed by atoms with Crippen molar-refractivity contribution in [3.05, 3.63) is 72.1 Å². The Morgan fingerprint density at radius 3 is 2.55 bits per heavy atom. The largest absolute Gasteiger partial charge is 0.431 e. The molecule has 1 unspecified atom stereocenters. The van der Waals surface area contributed by atoms with Crippen molar-refractivity contribution in [1.29, 1.82) is 0 Å². The first-order valence-electron chi connectivity index (χ1n) is 12.6. The maximum absolute atomic E-state index is 13.2. The Morgan fingerprint density at radius 1 is 1.00 bits per heavy atom. The number of ether oxygens (including phenoxy) is 3. The van der Waals surface area contributed by atoms with Crippen LogP contribution in [0.2, 0.25) is 0 Å². The fraction of sp³-hybridized carbons (Fsp3) is 0.333. The molecule has 0 aliphatic carbocycles. The number of tetrazole rings is 1. The molecule has 0 radical (unpaired) electrons. The Hall–Kier alpha value is -4.26. The Kier molecular flexibility index (Phi) is 8.39. The Labute approximate surface area is 227 Å². The second kappa shape index (κ2) is 12.3. The fourth-order valence-electron chi connectivity index (χ4n) is 4.39. The minimum absolute atomic E-state index is 0.273. The molecule has 2 aromatic carbocycles. The Balaban J connectivity index is 1.53. The second-order valence-electron chi connectivity index (χ2n) is 9.08. The van der Waals surface area contributed by atoms with Gasteiger partial charge in [-0.15, -0.1) is 15.0 Å². The summed E-state index contributed by atoms with van der Waals surface area (Å²) in [7, 11) is 0. The van der Waals surface area contributed by atoms with E-state index < -0.39 is 24.7 Å². The number of aromatic nitrogens is 5. The molecule has 0 spiro atoms. The number of halogens is 4. The van der Waals surface area contributed by atoms with Gasteiger partial charge in [0.25, 0.3) is 0 Å². The lowest BCUT2D eigenvalue weighted by Crippen LogP contribution is -2.20. The van der Waals surface area contributed by atoms with Gasteiger partial charge in [-0.2, -0.15) is 17.6 Å². The summed E-state index contributed by atoms with van der Waals surface area (Å²) in [5.41, 5.74) is 3.52. The van der Waals surface area contributed by atoms with Crippen molar-refractivity contribution in [3.8, 4) is 22.9 Å². The van der Waals surface area contributed by atoms with E-state index in [2.05, 4.69) is 29.9 Å². The third kappa shape index (κ3) is 6.47. The van der Waals surface area contributed by atoms with E-state index in [4.69, 9.17) is 4.74 Å². The third-order valence-electron chi connectivity index (χ3n) is 6.40. The van der Waals surface area contributed by atoms with Crippen LogP contribution >= 0.6 is 0 Å². The van der Waals surface area contributed by atoms with Crippen LogP contribution in [0.3, 0.4) is 0 Å². The summed E-state index contributed by atoms with van der Waals surface area (Å²) in [6.07, 6.45) is 5.89. The van der Waals surface area contributed by atoms with Crippen LogP contribution in [0.15, 0.2) is 60.9 Å². The van der Waals surface area contributed by atoms with Gasteiger partial charge in [-0.05, 0) is 72.9 Å². The number of hydrogen-bond donors (Lipinski definition) is 0. The molecule has 2 aromatic heterocycles. The number of aryl methyl sites for hydroxylation is 1. The van der Waals surface area contributed by atoms with Gasteiger partial charge in [-0.1, -0.05) is 12.1 Å². The normalized spacial score (nSPS) is 15.4. The highest BCUT2D eigenvalue weighted by molar-refractivity contribution is 5.71. The summed E-state index contributed by atoms with van der Waals surface area (Å²) >= 11 is 0. The molecule has 4 aromatic rings. The summed E-state index contributed by atoms with van der Waals surface area (Å²) in [4.78, 5) is 7.48. The number of anilines is 2. The maximum Gasteiger partial charge on any atom is 0.387 e. The van der Waals surface area contributed by atoms with Crippen LogP contribution in [0.5, 0.6) is 11.5 Å². The molecule has 0 saturated carbocycles. The van der Waals surface area contributed by atoms with Gasteiger partial charge in [-0.3, -0.25) is 4.98 Å². The third-order valence-corrected chi connectivity index (χ3v) is 6.40. The molecule has 0 bridgehead atoms. The SMILES string of the molecule is Cc1ccncc1CN(c1cccc(-c2nnn(C3CCCCO3)n2)c1)c1ccc(OC(F)F)c(OC(F)F)c1. The molecule has 5 rings (SSSR count). The molecule has 0 amide bonds. The van der Waals surface area contributed by atoms with Crippen LogP contribution in [0, 0.1) is 6.92 Å². The van der Waals surface area contributed by atoms with Gasteiger partial charge < -0.3 is 19.1 Å². The van der Waals surface area contributed by atoms with Gasteiger partial charge in [0.15, 0.2) is 17.7 Å². The van der Waals surface area contributed by atoms with E-state index in [0.717, 1.165) is 30.4 Å². The zero-order chi connectivity index (χ0) is 28.1. The first-order valence-corrected chi connectivity index (χ1v) is 12.6. The number of rotatable bonds is 10. The van der Waals surface area contributed by atoms with Gasteiger partial charge >= 0.3 is 13.2 Å². The van der Waals surface area contributed by atoms with Gasteiger partial charge in [0.05, 0.1) is 0 Å².